The van der Waals surface area contributed by atoms with Crippen molar-refractivity contribution in [2.45, 2.75) is 19.6 Å². The third kappa shape index (κ3) is 4.68. The van der Waals surface area contributed by atoms with Crippen molar-refractivity contribution >= 4 is 34.4 Å². The van der Waals surface area contributed by atoms with Gasteiger partial charge in [-0.2, -0.15) is 0 Å². The lowest BCUT2D eigenvalue weighted by molar-refractivity contribution is 0.0995. The van der Waals surface area contributed by atoms with E-state index < -0.39 is 11.9 Å². The topological polar surface area (TPSA) is 136 Å². The smallest absolute Gasteiger partial charge is 0.267 e. The maximum Gasteiger partial charge on any atom is 0.267 e. The van der Waals surface area contributed by atoms with Crippen molar-refractivity contribution in [3.63, 3.8) is 0 Å². The van der Waals surface area contributed by atoms with E-state index in [1.54, 1.807) is 31.3 Å². The number of nitrogens with one attached hydrogen (secondary N) is 2. The second kappa shape index (κ2) is 9.03. The standard InChI is InChI=1S/C22H19ClN6O3/c1-12(27-22-26-7-5-17(29-22)20(24)30)15-8-13-9-16(23)19(10-18(13)28-21(15)31)32-11-14-4-2-3-6-25-14/h2-10,12H,11H2,1H3,(H2,24,30)(H,28,31)(H,26,27,29)/t12-/m0/s1. The van der Waals surface area contributed by atoms with Gasteiger partial charge in [-0.1, -0.05) is 17.7 Å². The Hall–Kier alpha value is -3.98. The van der Waals surface area contributed by atoms with Gasteiger partial charge in [0.05, 0.1) is 22.3 Å². The Morgan fingerprint density at radius 1 is 1.22 bits per heavy atom. The molecule has 9 nitrogen and oxygen atoms in total. The minimum absolute atomic E-state index is 0.0761. The fourth-order valence-electron chi connectivity index (χ4n) is 3.13. The number of H-pyrrole nitrogens is 1. The van der Waals surface area contributed by atoms with Crippen LogP contribution in [-0.4, -0.2) is 25.8 Å². The van der Waals surface area contributed by atoms with Crippen LogP contribution in [0.1, 0.15) is 34.7 Å². The Balaban J connectivity index is 1.58. The summed E-state index contributed by atoms with van der Waals surface area (Å²) < 4.78 is 5.77. The largest absolute Gasteiger partial charge is 0.486 e. The van der Waals surface area contributed by atoms with Crippen molar-refractivity contribution in [2.75, 3.05) is 5.32 Å². The quantitative estimate of drug-likeness (QED) is 0.393. The zero-order valence-corrected chi connectivity index (χ0v) is 17.8. The molecule has 0 aliphatic carbocycles. The summed E-state index contributed by atoms with van der Waals surface area (Å²) in [5, 5.41) is 4.15. The van der Waals surface area contributed by atoms with Crippen LogP contribution in [0.15, 0.2) is 59.7 Å². The lowest BCUT2D eigenvalue weighted by Gasteiger charge is -2.15. The number of rotatable bonds is 7. The average molecular weight is 451 g/mol. The van der Waals surface area contributed by atoms with Crippen LogP contribution >= 0.6 is 11.6 Å². The van der Waals surface area contributed by atoms with E-state index in [1.807, 2.05) is 18.2 Å². The molecule has 3 heterocycles. The lowest BCUT2D eigenvalue weighted by Crippen LogP contribution is -2.21. The van der Waals surface area contributed by atoms with Crippen molar-refractivity contribution in [1.29, 1.82) is 0 Å². The first-order chi connectivity index (χ1) is 15.4. The highest BCUT2D eigenvalue weighted by Crippen LogP contribution is 2.30. The fourth-order valence-corrected chi connectivity index (χ4v) is 3.35. The van der Waals surface area contributed by atoms with Crippen LogP contribution in [0, 0.1) is 0 Å². The molecule has 3 aromatic heterocycles. The number of ether oxygens (including phenoxy) is 1. The molecule has 0 aliphatic rings. The number of halogens is 1. The molecule has 0 spiro atoms. The molecule has 0 unspecified atom stereocenters. The number of carbonyl (C=O) groups is 1. The van der Waals surface area contributed by atoms with Crippen molar-refractivity contribution in [2.24, 2.45) is 5.73 Å². The third-order valence-electron chi connectivity index (χ3n) is 4.75. The van der Waals surface area contributed by atoms with Gasteiger partial charge >= 0.3 is 0 Å². The number of nitrogens with zero attached hydrogens (tertiary/aromatic N) is 3. The monoisotopic (exact) mass is 450 g/mol. The fraction of sp³-hybridized carbons (Fsp3) is 0.136. The minimum atomic E-state index is -0.664. The van der Waals surface area contributed by atoms with Crippen molar-refractivity contribution in [1.82, 2.24) is 19.9 Å². The van der Waals surface area contributed by atoms with Gasteiger partial charge in [-0.15, -0.1) is 0 Å². The van der Waals surface area contributed by atoms with Gasteiger partial charge in [-0.05, 0) is 37.3 Å². The van der Waals surface area contributed by atoms with Crippen LogP contribution in [0.2, 0.25) is 5.02 Å². The molecule has 4 rings (SSSR count). The molecule has 0 bridgehead atoms. The van der Waals surface area contributed by atoms with E-state index in [1.165, 1.54) is 12.3 Å². The molecule has 0 saturated carbocycles. The summed E-state index contributed by atoms with van der Waals surface area (Å²) in [4.78, 5) is 39.2. The second-order valence-electron chi connectivity index (χ2n) is 7.03. The molecule has 4 N–H and O–H groups in total. The number of primary amides is 1. The Kier molecular flexibility index (Phi) is 6.00. The Morgan fingerprint density at radius 3 is 2.81 bits per heavy atom. The molecule has 0 aliphatic heterocycles. The van der Waals surface area contributed by atoms with E-state index in [4.69, 9.17) is 22.1 Å². The SMILES string of the molecule is C[C@H](Nc1nccc(C(N)=O)n1)c1cc2cc(Cl)c(OCc3ccccn3)cc2[nH]c1=O. The van der Waals surface area contributed by atoms with Gasteiger partial charge < -0.3 is 20.8 Å². The highest BCUT2D eigenvalue weighted by molar-refractivity contribution is 6.32. The number of carbonyl (C=O) groups excluding carboxylic acids is 1. The van der Waals surface area contributed by atoms with Gasteiger partial charge in [0.1, 0.15) is 18.1 Å². The second-order valence-corrected chi connectivity index (χ2v) is 7.44. The highest BCUT2D eigenvalue weighted by Gasteiger charge is 2.15. The van der Waals surface area contributed by atoms with Gasteiger partial charge in [0.25, 0.3) is 11.5 Å². The minimum Gasteiger partial charge on any atom is -0.486 e. The zero-order valence-electron chi connectivity index (χ0n) is 17.0. The summed E-state index contributed by atoms with van der Waals surface area (Å²) in [6.07, 6.45) is 3.10. The Bertz CT molecular complexity index is 1340. The maximum absolute atomic E-state index is 12.7. The van der Waals surface area contributed by atoms with Gasteiger partial charge in [0, 0.05) is 29.4 Å². The van der Waals surface area contributed by atoms with Crippen molar-refractivity contribution in [3.05, 3.63) is 87.2 Å². The third-order valence-corrected chi connectivity index (χ3v) is 5.04. The van der Waals surface area contributed by atoms with Gasteiger partial charge in [0.15, 0.2) is 0 Å². The molecular formula is C22H19ClN6O3. The lowest BCUT2D eigenvalue weighted by atomic mass is 10.1. The van der Waals surface area contributed by atoms with Crippen LogP contribution in [0.5, 0.6) is 5.75 Å². The summed E-state index contributed by atoms with van der Waals surface area (Å²) in [6.45, 7) is 2.03. The molecule has 32 heavy (non-hydrogen) atoms. The summed E-state index contributed by atoms with van der Waals surface area (Å²) in [6, 6.07) is 11.6. The number of hydrogen-bond acceptors (Lipinski definition) is 7. The first-order valence-corrected chi connectivity index (χ1v) is 10.1. The maximum atomic E-state index is 12.7. The Morgan fingerprint density at radius 2 is 2.06 bits per heavy atom. The summed E-state index contributed by atoms with van der Waals surface area (Å²) in [7, 11) is 0. The predicted molar refractivity (Wildman–Crippen MR) is 121 cm³/mol. The number of aromatic nitrogens is 4. The first-order valence-electron chi connectivity index (χ1n) is 9.69. The summed E-state index contributed by atoms with van der Waals surface area (Å²) in [5.74, 6) is -0.0389. The molecule has 4 aromatic rings. The van der Waals surface area contributed by atoms with E-state index in [0.29, 0.717) is 21.9 Å². The molecule has 0 radical (unpaired) electrons. The van der Waals surface area contributed by atoms with E-state index in [9.17, 15) is 9.59 Å². The van der Waals surface area contributed by atoms with Crippen LogP contribution in [0.4, 0.5) is 5.95 Å². The van der Waals surface area contributed by atoms with Gasteiger partial charge in [0.2, 0.25) is 5.95 Å². The molecule has 1 atom stereocenters. The number of amides is 1. The van der Waals surface area contributed by atoms with Gasteiger partial charge in [-0.3, -0.25) is 14.6 Å². The van der Waals surface area contributed by atoms with Gasteiger partial charge in [-0.25, -0.2) is 9.97 Å². The number of benzene rings is 1. The summed E-state index contributed by atoms with van der Waals surface area (Å²) >= 11 is 6.40. The van der Waals surface area contributed by atoms with E-state index in [2.05, 4.69) is 25.3 Å². The molecule has 10 heteroatoms. The number of pyridine rings is 2. The first kappa shape index (κ1) is 21.3. The van der Waals surface area contributed by atoms with Crippen LogP contribution in [0.3, 0.4) is 0 Å². The number of fused-ring (bicyclic) bond motifs is 1. The summed E-state index contributed by atoms with van der Waals surface area (Å²) in [5.41, 5.74) is 6.83. The Labute approximate surface area is 187 Å². The van der Waals surface area contributed by atoms with Crippen LogP contribution in [-0.2, 0) is 6.61 Å². The molecule has 0 saturated heterocycles. The van der Waals surface area contributed by atoms with E-state index >= 15 is 0 Å². The average Bonchev–Trinajstić information content (AvgIpc) is 2.78. The number of aromatic amines is 1. The van der Waals surface area contributed by atoms with Crippen LogP contribution < -0.4 is 21.3 Å². The normalized spacial score (nSPS) is 11.8. The molecular weight excluding hydrogens is 432 g/mol. The molecule has 162 valence electrons. The van der Waals surface area contributed by atoms with E-state index in [0.717, 1.165) is 11.1 Å². The number of nitrogens with two attached hydrogens (primary N) is 1. The van der Waals surface area contributed by atoms with E-state index in [-0.39, 0.29) is 23.8 Å². The number of anilines is 1. The highest BCUT2D eigenvalue weighted by atomic mass is 35.5. The molecule has 1 amide bonds. The molecule has 0 fully saturated rings. The predicted octanol–water partition coefficient (Wildman–Crippen LogP) is 3.22. The van der Waals surface area contributed by atoms with Crippen LogP contribution in [0.25, 0.3) is 10.9 Å². The number of hydrogen-bond donors (Lipinski definition) is 3. The zero-order chi connectivity index (χ0) is 22.7. The van der Waals surface area contributed by atoms with Crippen molar-refractivity contribution < 1.29 is 9.53 Å². The van der Waals surface area contributed by atoms with Crippen molar-refractivity contribution in [3.8, 4) is 5.75 Å². The molecule has 1 aromatic carbocycles.